The molecule has 0 aromatic heterocycles. The molecule has 0 aliphatic heterocycles. The molecule has 168 valence electrons. The summed E-state index contributed by atoms with van der Waals surface area (Å²) in [5.74, 6) is -1.35. The summed E-state index contributed by atoms with van der Waals surface area (Å²) in [7, 11) is 0. The number of hydrogen-bond acceptors (Lipinski definition) is 4. The van der Waals surface area contributed by atoms with Crippen LogP contribution in [0.3, 0.4) is 0 Å². The van der Waals surface area contributed by atoms with Crippen molar-refractivity contribution in [2.24, 2.45) is 5.92 Å². The average Bonchev–Trinajstić information content (AvgIpc) is 3.37. The van der Waals surface area contributed by atoms with Gasteiger partial charge >= 0.3 is 12.1 Å². The van der Waals surface area contributed by atoms with E-state index < -0.39 is 12.1 Å². The number of ether oxygens (including phenoxy) is 1. The van der Waals surface area contributed by atoms with Crippen LogP contribution in [0, 0.1) is 5.92 Å². The van der Waals surface area contributed by atoms with Crippen molar-refractivity contribution < 1.29 is 24.2 Å². The maximum Gasteiger partial charge on any atom is 0.407 e. The molecule has 0 unspecified atom stereocenters. The standard InChI is InChI=1S/C25H28N2O5/c28-23(29)13-6-14-26-24(30)20-11-5-12-22(20)27-25(31)32-15-21-18-9-3-1-7-16(18)17-8-2-4-10-19(17)21/h1-4,7-10,20-22H,5-6,11-15H2,(H,26,30)(H,27,31)(H,28,29)/t20-,22+/m0/s1. The average molecular weight is 437 g/mol. The van der Waals surface area contributed by atoms with Gasteiger partial charge in [-0.15, -0.1) is 0 Å². The zero-order chi connectivity index (χ0) is 22.5. The molecule has 2 aliphatic carbocycles. The molecule has 2 amide bonds. The molecular weight excluding hydrogens is 408 g/mol. The Labute approximate surface area is 187 Å². The van der Waals surface area contributed by atoms with Crippen LogP contribution in [0.15, 0.2) is 48.5 Å². The van der Waals surface area contributed by atoms with Crippen molar-refractivity contribution in [1.29, 1.82) is 0 Å². The summed E-state index contributed by atoms with van der Waals surface area (Å²) in [6.07, 6.45) is 2.16. The molecule has 2 aliphatic rings. The van der Waals surface area contributed by atoms with Crippen LogP contribution in [0.2, 0.25) is 0 Å². The van der Waals surface area contributed by atoms with E-state index >= 15 is 0 Å². The third kappa shape index (κ3) is 4.77. The van der Waals surface area contributed by atoms with E-state index in [1.807, 2.05) is 24.3 Å². The Morgan fingerprint density at radius 1 is 0.969 bits per heavy atom. The molecule has 1 fully saturated rings. The third-order valence-corrected chi connectivity index (χ3v) is 6.37. The first-order valence-corrected chi connectivity index (χ1v) is 11.2. The number of nitrogens with one attached hydrogen (secondary N) is 2. The van der Waals surface area contributed by atoms with Crippen LogP contribution >= 0.6 is 0 Å². The van der Waals surface area contributed by atoms with Crippen molar-refractivity contribution in [2.75, 3.05) is 13.2 Å². The Balaban J connectivity index is 1.31. The van der Waals surface area contributed by atoms with Gasteiger partial charge in [0.2, 0.25) is 5.91 Å². The number of amides is 2. The van der Waals surface area contributed by atoms with E-state index in [4.69, 9.17) is 9.84 Å². The van der Waals surface area contributed by atoms with Crippen molar-refractivity contribution >= 4 is 18.0 Å². The maximum absolute atomic E-state index is 12.6. The van der Waals surface area contributed by atoms with Gasteiger partial charge < -0.3 is 20.5 Å². The number of alkyl carbamates (subject to hydrolysis) is 1. The molecule has 3 N–H and O–H groups in total. The summed E-state index contributed by atoms with van der Waals surface area (Å²) in [4.78, 5) is 35.6. The first kappa shape index (κ1) is 21.9. The second-order valence-electron chi connectivity index (χ2n) is 8.40. The summed E-state index contributed by atoms with van der Waals surface area (Å²) < 4.78 is 5.61. The minimum absolute atomic E-state index is 0.00920. The van der Waals surface area contributed by atoms with Crippen LogP contribution in [0.5, 0.6) is 0 Å². The number of fused-ring (bicyclic) bond motifs is 3. The number of hydrogen-bond donors (Lipinski definition) is 3. The van der Waals surface area contributed by atoms with E-state index in [1.54, 1.807) is 0 Å². The predicted octanol–water partition coefficient (Wildman–Crippen LogP) is 3.67. The summed E-state index contributed by atoms with van der Waals surface area (Å²) in [5, 5.41) is 14.4. The Morgan fingerprint density at radius 2 is 1.62 bits per heavy atom. The van der Waals surface area contributed by atoms with Crippen LogP contribution in [0.1, 0.15) is 49.1 Å². The molecule has 32 heavy (non-hydrogen) atoms. The minimum atomic E-state index is -0.880. The number of carboxylic acids is 1. The SMILES string of the molecule is O=C(O)CCCNC(=O)[C@H]1CCC[C@H]1NC(=O)OCC1c2ccccc2-c2ccccc21. The lowest BCUT2D eigenvalue weighted by molar-refractivity contribution is -0.137. The molecule has 0 spiro atoms. The highest BCUT2D eigenvalue weighted by atomic mass is 16.5. The Hall–Kier alpha value is -3.35. The lowest BCUT2D eigenvalue weighted by atomic mass is 9.98. The summed E-state index contributed by atoms with van der Waals surface area (Å²) >= 11 is 0. The highest BCUT2D eigenvalue weighted by molar-refractivity contribution is 5.81. The molecule has 0 saturated heterocycles. The van der Waals surface area contributed by atoms with E-state index in [1.165, 1.54) is 11.1 Å². The third-order valence-electron chi connectivity index (χ3n) is 6.37. The summed E-state index contributed by atoms with van der Waals surface area (Å²) in [5.41, 5.74) is 4.65. The van der Waals surface area contributed by atoms with Crippen LogP contribution in [-0.2, 0) is 14.3 Å². The van der Waals surface area contributed by atoms with Crippen LogP contribution in [0.25, 0.3) is 11.1 Å². The van der Waals surface area contributed by atoms with E-state index in [0.29, 0.717) is 19.4 Å². The van der Waals surface area contributed by atoms with Gasteiger partial charge in [0.1, 0.15) is 6.61 Å². The fraction of sp³-hybridized carbons (Fsp3) is 0.400. The lowest BCUT2D eigenvalue weighted by Crippen LogP contribution is -2.44. The number of carboxylic acid groups (broad SMARTS) is 1. The van der Waals surface area contributed by atoms with Gasteiger partial charge in [0.25, 0.3) is 0 Å². The molecule has 7 nitrogen and oxygen atoms in total. The minimum Gasteiger partial charge on any atom is -0.481 e. The van der Waals surface area contributed by atoms with Crippen molar-refractivity contribution in [3.8, 4) is 11.1 Å². The molecule has 1 saturated carbocycles. The fourth-order valence-corrected chi connectivity index (χ4v) is 4.82. The fourth-order valence-electron chi connectivity index (χ4n) is 4.82. The number of aliphatic carboxylic acids is 1. The highest BCUT2D eigenvalue weighted by Gasteiger charge is 2.35. The van der Waals surface area contributed by atoms with Gasteiger partial charge in [0.05, 0.1) is 5.92 Å². The van der Waals surface area contributed by atoms with Crippen LogP contribution in [-0.4, -0.2) is 42.3 Å². The lowest BCUT2D eigenvalue weighted by Gasteiger charge is -2.21. The summed E-state index contributed by atoms with van der Waals surface area (Å²) in [6.45, 7) is 0.554. The van der Waals surface area contributed by atoms with E-state index in [0.717, 1.165) is 24.0 Å². The van der Waals surface area contributed by atoms with Gasteiger partial charge in [0, 0.05) is 24.9 Å². The van der Waals surface area contributed by atoms with Crippen LogP contribution < -0.4 is 10.6 Å². The van der Waals surface area contributed by atoms with Gasteiger partial charge in [-0.2, -0.15) is 0 Å². The van der Waals surface area contributed by atoms with E-state index in [-0.39, 0.29) is 36.8 Å². The molecule has 4 rings (SSSR count). The van der Waals surface area contributed by atoms with Gasteiger partial charge in [-0.1, -0.05) is 55.0 Å². The van der Waals surface area contributed by atoms with Gasteiger partial charge in [0.15, 0.2) is 0 Å². The Kier molecular flexibility index (Phi) is 6.73. The molecule has 2 aromatic carbocycles. The topological polar surface area (TPSA) is 105 Å². The number of benzene rings is 2. The molecule has 2 atom stereocenters. The second kappa shape index (κ2) is 9.85. The zero-order valence-electron chi connectivity index (χ0n) is 17.9. The molecule has 0 radical (unpaired) electrons. The molecule has 2 aromatic rings. The largest absolute Gasteiger partial charge is 0.481 e. The maximum atomic E-state index is 12.6. The number of carbonyl (C=O) groups is 3. The first-order valence-electron chi connectivity index (χ1n) is 11.2. The second-order valence-corrected chi connectivity index (χ2v) is 8.40. The molecule has 0 heterocycles. The number of rotatable bonds is 8. The van der Waals surface area contributed by atoms with Gasteiger partial charge in [-0.05, 0) is 41.5 Å². The van der Waals surface area contributed by atoms with E-state index in [2.05, 4.69) is 34.9 Å². The highest BCUT2D eigenvalue weighted by Crippen LogP contribution is 2.44. The smallest absolute Gasteiger partial charge is 0.407 e. The van der Waals surface area contributed by atoms with Gasteiger partial charge in [-0.25, -0.2) is 4.79 Å². The zero-order valence-corrected chi connectivity index (χ0v) is 17.9. The first-order chi connectivity index (χ1) is 15.5. The van der Waals surface area contributed by atoms with Crippen molar-refractivity contribution in [3.63, 3.8) is 0 Å². The van der Waals surface area contributed by atoms with Crippen molar-refractivity contribution in [2.45, 2.75) is 44.1 Å². The van der Waals surface area contributed by atoms with E-state index in [9.17, 15) is 14.4 Å². The Bertz CT molecular complexity index is 960. The number of carbonyl (C=O) groups excluding carboxylic acids is 2. The predicted molar refractivity (Wildman–Crippen MR) is 119 cm³/mol. The summed E-state index contributed by atoms with van der Waals surface area (Å²) in [6, 6.07) is 16.1. The van der Waals surface area contributed by atoms with Gasteiger partial charge in [-0.3, -0.25) is 9.59 Å². The van der Waals surface area contributed by atoms with Crippen molar-refractivity contribution in [3.05, 3.63) is 59.7 Å². The monoisotopic (exact) mass is 436 g/mol. The molecule has 0 bridgehead atoms. The van der Waals surface area contributed by atoms with Crippen molar-refractivity contribution in [1.82, 2.24) is 10.6 Å². The van der Waals surface area contributed by atoms with Crippen LogP contribution in [0.4, 0.5) is 4.79 Å². The normalized spacial score (nSPS) is 19.1. The quantitative estimate of drug-likeness (QED) is 0.548. The molecule has 7 heteroatoms. The molecular formula is C25H28N2O5. The Morgan fingerprint density at radius 3 is 2.28 bits per heavy atom.